The number of rotatable bonds is 6. The molecule has 1 aromatic rings. The van der Waals surface area contributed by atoms with E-state index in [0.29, 0.717) is 13.0 Å². The lowest BCUT2D eigenvalue weighted by atomic mass is 9.98. The average Bonchev–Trinajstić information content (AvgIpc) is 2.57. The molecule has 3 atom stereocenters. The van der Waals surface area contributed by atoms with Gasteiger partial charge in [0.05, 0.1) is 5.92 Å². The summed E-state index contributed by atoms with van der Waals surface area (Å²) in [7, 11) is 0. The second kappa shape index (κ2) is 7.95. The maximum Gasteiger partial charge on any atom is 0.308 e. The molecule has 6 heteroatoms. The zero-order chi connectivity index (χ0) is 17.7. The molecular formula is C18H24N2O4. The molecule has 0 aliphatic carbocycles. The first-order chi connectivity index (χ1) is 11.4. The standard InChI is InChI=1S/C18H24N2O4/c1-12(18(23)24)13(2)19-17(22)16(14-8-4-3-5-9-14)20-11-7-6-10-15(20)21/h3-5,8-9,12-13,16H,6-7,10-11H2,1-2H3,(H,19,22)(H,23,24). The number of aliphatic carboxylic acids is 1. The molecule has 2 amide bonds. The maximum absolute atomic E-state index is 12.8. The smallest absolute Gasteiger partial charge is 0.308 e. The number of carboxylic acids is 1. The van der Waals surface area contributed by atoms with Gasteiger partial charge in [-0.3, -0.25) is 14.4 Å². The summed E-state index contributed by atoms with van der Waals surface area (Å²) in [5, 5.41) is 11.9. The molecule has 130 valence electrons. The lowest BCUT2D eigenvalue weighted by Crippen LogP contribution is -2.49. The number of piperidine rings is 1. The molecule has 1 aromatic carbocycles. The van der Waals surface area contributed by atoms with Gasteiger partial charge in [0, 0.05) is 19.0 Å². The SMILES string of the molecule is CC(NC(=O)C(c1ccccc1)N1CCCCC1=O)C(C)C(=O)O. The van der Waals surface area contributed by atoms with E-state index >= 15 is 0 Å². The predicted molar refractivity (Wildman–Crippen MR) is 89.2 cm³/mol. The van der Waals surface area contributed by atoms with Crippen LogP contribution >= 0.6 is 0 Å². The van der Waals surface area contributed by atoms with Crippen molar-refractivity contribution in [2.45, 2.75) is 45.2 Å². The monoisotopic (exact) mass is 332 g/mol. The van der Waals surface area contributed by atoms with Crippen molar-refractivity contribution >= 4 is 17.8 Å². The van der Waals surface area contributed by atoms with Crippen LogP contribution in [0.5, 0.6) is 0 Å². The van der Waals surface area contributed by atoms with E-state index in [1.165, 1.54) is 0 Å². The number of carboxylic acid groups (broad SMARTS) is 1. The van der Waals surface area contributed by atoms with Crippen LogP contribution in [0.4, 0.5) is 0 Å². The third-order valence-corrected chi connectivity index (χ3v) is 4.54. The van der Waals surface area contributed by atoms with Crippen molar-refractivity contribution in [3.8, 4) is 0 Å². The van der Waals surface area contributed by atoms with Crippen LogP contribution in [-0.4, -0.2) is 40.4 Å². The van der Waals surface area contributed by atoms with Crippen LogP contribution in [-0.2, 0) is 14.4 Å². The van der Waals surface area contributed by atoms with Gasteiger partial charge < -0.3 is 15.3 Å². The minimum atomic E-state index is -0.965. The molecule has 2 N–H and O–H groups in total. The summed E-state index contributed by atoms with van der Waals surface area (Å²) in [4.78, 5) is 37.8. The van der Waals surface area contributed by atoms with Crippen LogP contribution in [0.3, 0.4) is 0 Å². The Morgan fingerprint density at radius 1 is 1.17 bits per heavy atom. The Hall–Kier alpha value is -2.37. The second-order valence-corrected chi connectivity index (χ2v) is 6.28. The number of carbonyl (C=O) groups excluding carboxylic acids is 2. The normalized spacial score (nSPS) is 18.6. The van der Waals surface area contributed by atoms with Crippen molar-refractivity contribution in [2.24, 2.45) is 5.92 Å². The Morgan fingerprint density at radius 2 is 1.83 bits per heavy atom. The average molecular weight is 332 g/mol. The molecule has 2 rings (SSSR count). The molecule has 1 aliphatic rings. The van der Waals surface area contributed by atoms with Crippen molar-refractivity contribution in [3.63, 3.8) is 0 Å². The van der Waals surface area contributed by atoms with Gasteiger partial charge in [-0.05, 0) is 32.3 Å². The zero-order valence-electron chi connectivity index (χ0n) is 14.1. The Bertz CT molecular complexity index is 602. The summed E-state index contributed by atoms with van der Waals surface area (Å²) in [6, 6.07) is 7.89. The first-order valence-corrected chi connectivity index (χ1v) is 8.29. The van der Waals surface area contributed by atoms with E-state index in [1.807, 2.05) is 30.3 Å². The molecule has 24 heavy (non-hydrogen) atoms. The van der Waals surface area contributed by atoms with E-state index in [2.05, 4.69) is 5.32 Å². The van der Waals surface area contributed by atoms with E-state index in [4.69, 9.17) is 5.11 Å². The van der Waals surface area contributed by atoms with Gasteiger partial charge in [-0.2, -0.15) is 0 Å². The minimum Gasteiger partial charge on any atom is -0.481 e. The number of amides is 2. The molecular weight excluding hydrogens is 308 g/mol. The van der Waals surface area contributed by atoms with Crippen LogP contribution in [0.25, 0.3) is 0 Å². The van der Waals surface area contributed by atoms with Gasteiger partial charge in [0.1, 0.15) is 6.04 Å². The van der Waals surface area contributed by atoms with Crippen molar-refractivity contribution in [1.82, 2.24) is 10.2 Å². The van der Waals surface area contributed by atoms with E-state index < -0.39 is 24.0 Å². The fraction of sp³-hybridized carbons (Fsp3) is 0.500. The number of nitrogens with one attached hydrogen (secondary N) is 1. The molecule has 0 radical (unpaired) electrons. The fourth-order valence-electron chi connectivity index (χ4n) is 2.85. The third kappa shape index (κ3) is 4.13. The zero-order valence-corrected chi connectivity index (χ0v) is 14.1. The van der Waals surface area contributed by atoms with Gasteiger partial charge in [-0.15, -0.1) is 0 Å². The second-order valence-electron chi connectivity index (χ2n) is 6.28. The van der Waals surface area contributed by atoms with Crippen LogP contribution in [0.2, 0.25) is 0 Å². The molecule has 0 aromatic heterocycles. The molecule has 3 unspecified atom stereocenters. The highest BCUT2D eigenvalue weighted by Gasteiger charge is 2.34. The Morgan fingerprint density at radius 3 is 2.42 bits per heavy atom. The minimum absolute atomic E-state index is 0.0378. The molecule has 1 aliphatic heterocycles. The van der Waals surface area contributed by atoms with Crippen molar-refractivity contribution < 1.29 is 19.5 Å². The summed E-state index contributed by atoms with van der Waals surface area (Å²) in [6.07, 6.45) is 2.14. The molecule has 1 fully saturated rings. The predicted octanol–water partition coefficient (Wildman–Crippen LogP) is 1.97. The van der Waals surface area contributed by atoms with Crippen LogP contribution in [0.15, 0.2) is 30.3 Å². The number of likely N-dealkylation sites (tertiary alicyclic amines) is 1. The summed E-state index contributed by atoms with van der Waals surface area (Å²) >= 11 is 0. The van der Waals surface area contributed by atoms with Crippen molar-refractivity contribution in [2.75, 3.05) is 6.54 Å². The Balaban J connectivity index is 2.24. The number of carbonyl (C=O) groups is 3. The Labute approximate surface area is 141 Å². The summed E-state index contributed by atoms with van der Waals surface area (Å²) in [5.41, 5.74) is 0.737. The van der Waals surface area contributed by atoms with Gasteiger partial charge in [0.2, 0.25) is 11.8 Å². The summed E-state index contributed by atoms with van der Waals surface area (Å²) in [6.45, 7) is 3.75. The fourth-order valence-corrected chi connectivity index (χ4v) is 2.85. The molecule has 0 bridgehead atoms. The van der Waals surface area contributed by atoms with E-state index in [1.54, 1.807) is 18.7 Å². The highest BCUT2D eigenvalue weighted by Crippen LogP contribution is 2.26. The number of hydrogen-bond acceptors (Lipinski definition) is 3. The number of benzene rings is 1. The van der Waals surface area contributed by atoms with Crippen LogP contribution < -0.4 is 5.32 Å². The van der Waals surface area contributed by atoms with Gasteiger partial charge in [-0.25, -0.2) is 0 Å². The number of hydrogen-bond donors (Lipinski definition) is 2. The summed E-state index contributed by atoms with van der Waals surface area (Å²) < 4.78 is 0. The lowest BCUT2D eigenvalue weighted by molar-refractivity contribution is -0.145. The third-order valence-electron chi connectivity index (χ3n) is 4.54. The van der Waals surface area contributed by atoms with E-state index in [0.717, 1.165) is 18.4 Å². The molecule has 0 spiro atoms. The van der Waals surface area contributed by atoms with Gasteiger partial charge >= 0.3 is 5.97 Å². The highest BCUT2D eigenvalue weighted by atomic mass is 16.4. The van der Waals surface area contributed by atoms with Crippen LogP contribution in [0, 0.1) is 5.92 Å². The first kappa shape index (κ1) is 18.0. The highest BCUT2D eigenvalue weighted by molar-refractivity contribution is 5.89. The van der Waals surface area contributed by atoms with Crippen LogP contribution in [0.1, 0.15) is 44.7 Å². The lowest BCUT2D eigenvalue weighted by Gasteiger charge is -2.35. The van der Waals surface area contributed by atoms with Gasteiger partial charge in [0.25, 0.3) is 0 Å². The summed E-state index contributed by atoms with van der Waals surface area (Å²) in [5.74, 6) is -2.04. The number of nitrogens with zero attached hydrogens (tertiary/aromatic N) is 1. The molecule has 1 heterocycles. The van der Waals surface area contributed by atoms with Crippen molar-refractivity contribution in [3.05, 3.63) is 35.9 Å². The quantitative estimate of drug-likeness (QED) is 0.834. The Kier molecular flexibility index (Phi) is 5.95. The van der Waals surface area contributed by atoms with E-state index in [-0.39, 0.29) is 11.8 Å². The first-order valence-electron chi connectivity index (χ1n) is 8.29. The molecule has 6 nitrogen and oxygen atoms in total. The van der Waals surface area contributed by atoms with Crippen molar-refractivity contribution in [1.29, 1.82) is 0 Å². The molecule has 1 saturated heterocycles. The molecule has 0 saturated carbocycles. The van der Waals surface area contributed by atoms with Gasteiger partial charge in [0.15, 0.2) is 0 Å². The largest absolute Gasteiger partial charge is 0.481 e. The topological polar surface area (TPSA) is 86.7 Å². The van der Waals surface area contributed by atoms with E-state index in [9.17, 15) is 14.4 Å². The maximum atomic E-state index is 12.8. The van der Waals surface area contributed by atoms with Gasteiger partial charge in [-0.1, -0.05) is 30.3 Å².